The van der Waals surface area contributed by atoms with E-state index in [1.165, 1.54) is 0 Å². The topological polar surface area (TPSA) is 52.7 Å². The molecule has 6 aromatic rings. The van der Waals surface area contributed by atoms with Gasteiger partial charge in [0.15, 0.2) is 11.6 Å². The number of ketones is 1. The molecule has 0 atom stereocenters. The summed E-state index contributed by atoms with van der Waals surface area (Å²) in [5.74, 6) is 0.246. The predicted molar refractivity (Wildman–Crippen MR) is 172 cm³/mol. The van der Waals surface area contributed by atoms with Crippen LogP contribution in [0.5, 0.6) is 0 Å². The number of halogens is 4. The van der Waals surface area contributed by atoms with Crippen LogP contribution >= 0.6 is 63.7 Å². The number of nitrogens with zero attached hydrogens (tertiary/aromatic N) is 4. The van der Waals surface area contributed by atoms with Crippen LogP contribution in [0, 0.1) is 0 Å². The van der Waals surface area contributed by atoms with Gasteiger partial charge in [-0.3, -0.25) is 13.9 Å². The van der Waals surface area contributed by atoms with Crippen LogP contribution in [0.2, 0.25) is 0 Å². The van der Waals surface area contributed by atoms with Crippen molar-refractivity contribution in [3.05, 3.63) is 139 Å². The molecule has 0 amide bonds. The van der Waals surface area contributed by atoms with Crippen molar-refractivity contribution in [1.29, 1.82) is 0 Å². The second-order valence-electron chi connectivity index (χ2n) is 8.94. The van der Waals surface area contributed by atoms with Gasteiger partial charge in [-0.15, -0.1) is 0 Å². The lowest BCUT2D eigenvalue weighted by molar-refractivity contribution is 0.101. The first-order valence-corrected chi connectivity index (χ1v) is 15.3. The molecule has 0 aliphatic rings. The minimum Gasteiger partial charge on any atom is -0.296 e. The van der Waals surface area contributed by atoms with Gasteiger partial charge in [-0.05, 0) is 72.8 Å². The minimum absolute atomic E-state index is 0.270. The van der Waals surface area contributed by atoms with Gasteiger partial charge in [0.1, 0.15) is 0 Å². The normalized spacial score (nSPS) is 11.1. The average molecular weight is 782 g/mol. The summed E-state index contributed by atoms with van der Waals surface area (Å²) >= 11 is 14.0. The summed E-state index contributed by atoms with van der Waals surface area (Å²) < 4.78 is 7.48. The molecule has 0 N–H and O–H groups in total. The molecule has 2 aromatic heterocycles. The Hall–Kier alpha value is -3.11. The quantitative estimate of drug-likeness (QED) is 0.158. The van der Waals surface area contributed by atoms with Crippen molar-refractivity contribution in [2.75, 3.05) is 0 Å². The maximum Gasteiger partial charge on any atom is 0.264 e. The first-order chi connectivity index (χ1) is 19.4. The molecule has 0 bridgehead atoms. The number of carbonyl (C=O) groups is 1. The Morgan fingerprint density at radius 3 is 1.10 bits per heavy atom. The Morgan fingerprint density at radius 2 is 0.775 bits per heavy atom. The van der Waals surface area contributed by atoms with Gasteiger partial charge in [-0.1, -0.05) is 88.0 Å². The van der Waals surface area contributed by atoms with Crippen molar-refractivity contribution in [3.63, 3.8) is 0 Å². The lowest BCUT2D eigenvalue weighted by atomic mass is 10.2. The average Bonchev–Trinajstić information content (AvgIpc) is 3.60. The predicted octanol–water partition coefficient (Wildman–Crippen LogP) is 9.67. The zero-order valence-electron chi connectivity index (χ0n) is 20.6. The van der Waals surface area contributed by atoms with Crippen LogP contribution in [-0.4, -0.2) is 24.9 Å². The molecule has 40 heavy (non-hydrogen) atoms. The van der Waals surface area contributed by atoms with Gasteiger partial charge in [0.25, 0.3) is 5.78 Å². The molecule has 196 valence electrons. The smallest absolute Gasteiger partial charge is 0.264 e. The Balaban J connectivity index is 1.53. The molecule has 0 saturated carbocycles. The van der Waals surface area contributed by atoms with Gasteiger partial charge in [0.05, 0.1) is 11.4 Å². The minimum atomic E-state index is -0.294. The molecule has 4 aromatic carbocycles. The number of imidazole rings is 2. The first-order valence-electron chi connectivity index (χ1n) is 12.1. The number of benzene rings is 4. The SMILES string of the molecule is O=C(c1nc(-c2ccc(Br)cc2)cn1-c1ccc(Br)cc1)c1nc(-c2ccc(Br)cc2)cn1-c1ccc(Br)cc1. The number of hydrogen-bond donors (Lipinski definition) is 0. The van der Waals surface area contributed by atoms with Crippen molar-refractivity contribution in [3.8, 4) is 33.9 Å². The van der Waals surface area contributed by atoms with Crippen LogP contribution in [0.25, 0.3) is 33.9 Å². The Morgan fingerprint density at radius 1 is 0.475 bits per heavy atom. The highest BCUT2D eigenvalue weighted by molar-refractivity contribution is 9.11. The summed E-state index contributed by atoms with van der Waals surface area (Å²) in [6.07, 6.45) is 3.78. The zero-order chi connectivity index (χ0) is 27.8. The monoisotopic (exact) mass is 778 g/mol. The highest BCUT2D eigenvalue weighted by atomic mass is 79.9. The van der Waals surface area contributed by atoms with E-state index in [1.54, 1.807) is 0 Å². The third kappa shape index (κ3) is 5.56. The molecule has 0 radical (unpaired) electrons. The molecule has 0 spiro atoms. The van der Waals surface area contributed by atoms with Crippen molar-refractivity contribution in [2.24, 2.45) is 0 Å². The van der Waals surface area contributed by atoms with Crippen LogP contribution in [0.15, 0.2) is 127 Å². The summed E-state index contributed by atoms with van der Waals surface area (Å²) in [7, 11) is 0. The second kappa shape index (κ2) is 11.4. The lowest BCUT2D eigenvalue weighted by Gasteiger charge is -2.09. The summed E-state index contributed by atoms with van der Waals surface area (Å²) in [4.78, 5) is 24.1. The van der Waals surface area contributed by atoms with Gasteiger partial charge < -0.3 is 0 Å². The van der Waals surface area contributed by atoms with E-state index in [0.717, 1.165) is 40.4 Å². The molecule has 0 unspecified atom stereocenters. The highest BCUT2D eigenvalue weighted by Gasteiger charge is 2.25. The van der Waals surface area contributed by atoms with Crippen LogP contribution in [0.3, 0.4) is 0 Å². The summed E-state index contributed by atoms with van der Waals surface area (Å²) in [5.41, 5.74) is 4.82. The van der Waals surface area contributed by atoms with E-state index in [9.17, 15) is 4.79 Å². The molecule has 6 rings (SSSR count). The molecule has 2 heterocycles. The van der Waals surface area contributed by atoms with Crippen LogP contribution < -0.4 is 0 Å². The van der Waals surface area contributed by atoms with Crippen LogP contribution in [-0.2, 0) is 0 Å². The standard InChI is InChI=1S/C31H18Br4N4O/c32-21-5-1-19(2-6-21)27-17-38(25-13-9-23(34)10-14-25)30(36-27)29(40)31-37-28(20-3-7-22(33)8-4-20)18-39(31)26-15-11-24(35)12-16-26/h1-18H. The maximum atomic E-state index is 14.4. The first kappa shape index (κ1) is 27.1. The Bertz CT molecular complexity index is 1690. The number of carbonyl (C=O) groups excluding carboxylic acids is 1. The van der Waals surface area contributed by atoms with Crippen LogP contribution in [0.4, 0.5) is 0 Å². The number of rotatable bonds is 6. The van der Waals surface area contributed by atoms with Crippen molar-refractivity contribution in [2.45, 2.75) is 0 Å². The van der Waals surface area contributed by atoms with E-state index in [0.29, 0.717) is 11.4 Å². The number of aromatic nitrogens is 4. The Kier molecular flexibility index (Phi) is 7.72. The summed E-state index contributed by atoms with van der Waals surface area (Å²) in [6.45, 7) is 0. The summed E-state index contributed by atoms with van der Waals surface area (Å²) in [5, 5.41) is 0. The summed E-state index contributed by atoms with van der Waals surface area (Å²) in [6, 6.07) is 31.3. The van der Waals surface area contributed by atoms with E-state index in [4.69, 9.17) is 9.97 Å². The van der Waals surface area contributed by atoms with Crippen LogP contribution in [0.1, 0.15) is 16.4 Å². The van der Waals surface area contributed by atoms with Gasteiger partial charge in [0.2, 0.25) is 0 Å². The molecular weight excluding hydrogens is 764 g/mol. The number of hydrogen-bond acceptors (Lipinski definition) is 3. The van der Waals surface area contributed by atoms with E-state index in [1.807, 2.05) is 119 Å². The molecule has 5 nitrogen and oxygen atoms in total. The molecule has 0 saturated heterocycles. The lowest BCUT2D eigenvalue weighted by Crippen LogP contribution is -2.15. The van der Waals surface area contributed by atoms with Gasteiger partial charge >= 0.3 is 0 Å². The Labute approximate surface area is 264 Å². The highest BCUT2D eigenvalue weighted by Crippen LogP contribution is 2.29. The molecule has 0 aliphatic heterocycles. The largest absolute Gasteiger partial charge is 0.296 e. The van der Waals surface area contributed by atoms with E-state index in [2.05, 4.69) is 63.7 Å². The van der Waals surface area contributed by atoms with Gasteiger partial charge in [0, 0.05) is 52.8 Å². The van der Waals surface area contributed by atoms with E-state index < -0.39 is 0 Å². The molecule has 9 heteroatoms. The molecule has 0 fully saturated rings. The van der Waals surface area contributed by atoms with Crippen molar-refractivity contribution < 1.29 is 4.79 Å². The fraction of sp³-hybridized carbons (Fsp3) is 0. The van der Waals surface area contributed by atoms with Gasteiger partial charge in [-0.25, -0.2) is 9.97 Å². The third-order valence-electron chi connectivity index (χ3n) is 6.31. The van der Waals surface area contributed by atoms with Crippen molar-refractivity contribution in [1.82, 2.24) is 19.1 Å². The fourth-order valence-electron chi connectivity index (χ4n) is 4.30. The molecular formula is C31H18Br4N4O. The second-order valence-corrected chi connectivity index (χ2v) is 12.6. The fourth-order valence-corrected chi connectivity index (χ4v) is 5.35. The molecule has 0 aliphatic carbocycles. The van der Waals surface area contributed by atoms with Crippen molar-refractivity contribution >= 4 is 69.5 Å². The van der Waals surface area contributed by atoms with E-state index in [-0.39, 0.29) is 17.4 Å². The third-order valence-corrected chi connectivity index (χ3v) is 8.42. The van der Waals surface area contributed by atoms with Gasteiger partial charge in [-0.2, -0.15) is 0 Å². The van der Waals surface area contributed by atoms with E-state index >= 15 is 0 Å². The maximum absolute atomic E-state index is 14.4. The zero-order valence-corrected chi connectivity index (χ0v) is 26.9.